The van der Waals surface area contributed by atoms with Gasteiger partial charge in [0.25, 0.3) is 0 Å². The van der Waals surface area contributed by atoms with Gasteiger partial charge in [0.2, 0.25) is 5.91 Å². The van der Waals surface area contributed by atoms with E-state index in [0.717, 1.165) is 10.4 Å². The number of amides is 1. The minimum atomic E-state index is -0.281. The molecule has 0 saturated carbocycles. The first-order chi connectivity index (χ1) is 11.6. The molecule has 0 bridgehead atoms. The molecule has 2 N–H and O–H groups in total. The average Bonchev–Trinajstić information content (AvgIpc) is 3.07. The zero-order chi connectivity index (χ0) is 16.9. The highest BCUT2D eigenvalue weighted by atomic mass is 32.1. The second-order valence-corrected chi connectivity index (χ2v) is 7.07. The van der Waals surface area contributed by atoms with Gasteiger partial charge in [-0.3, -0.25) is 4.79 Å². The van der Waals surface area contributed by atoms with Gasteiger partial charge in [-0.05, 0) is 42.0 Å². The Morgan fingerprint density at radius 2 is 2.12 bits per heavy atom. The Kier molecular flexibility index (Phi) is 5.48. The summed E-state index contributed by atoms with van der Waals surface area (Å²) in [4.78, 5) is 14.9. The topological polar surface area (TPSA) is 52.6 Å². The Bertz CT molecular complexity index is 682. The molecule has 4 nitrogen and oxygen atoms in total. The van der Waals surface area contributed by atoms with Gasteiger partial charge in [0, 0.05) is 24.5 Å². The number of anilines is 1. The highest BCUT2D eigenvalue weighted by molar-refractivity contribution is 7.10. The average molecular weight is 348 g/mol. The number of benzene rings is 1. The van der Waals surface area contributed by atoms with Crippen LogP contribution in [0.25, 0.3) is 0 Å². The lowest BCUT2D eigenvalue weighted by atomic mass is 10.1. The number of nitrogens with one attached hydrogen (secondary N) is 1. The third-order valence-electron chi connectivity index (χ3n) is 4.22. The van der Waals surface area contributed by atoms with Crippen molar-refractivity contribution < 1.29 is 14.3 Å². The van der Waals surface area contributed by atoms with Crippen LogP contribution in [-0.4, -0.2) is 30.2 Å². The predicted molar refractivity (Wildman–Crippen MR) is 93.7 cm³/mol. The van der Waals surface area contributed by atoms with Gasteiger partial charge in [-0.15, -0.1) is 11.3 Å². The van der Waals surface area contributed by atoms with E-state index >= 15 is 0 Å². The summed E-state index contributed by atoms with van der Waals surface area (Å²) in [7, 11) is 0. The van der Waals surface area contributed by atoms with Crippen molar-refractivity contribution in [2.24, 2.45) is 0 Å². The minimum absolute atomic E-state index is 0.0630. The van der Waals surface area contributed by atoms with E-state index in [9.17, 15) is 14.3 Å². The summed E-state index contributed by atoms with van der Waals surface area (Å²) in [5.74, 6) is -0.344. The number of halogens is 1. The number of aliphatic hydroxyl groups excluding tert-OH is 1. The molecular weight excluding hydrogens is 327 g/mol. The van der Waals surface area contributed by atoms with Gasteiger partial charge in [-0.2, -0.15) is 0 Å². The summed E-state index contributed by atoms with van der Waals surface area (Å²) < 4.78 is 14.3. The second-order valence-electron chi connectivity index (χ2n) is 6.04. The van der Waals surface area contributed by atoms with E-state index < -0.39 is 0 Å². The van der Waals surface area contributed by atoms with E-state index in [0.29, 0.717) is 44.6 Å². The van der Waals surface area contributed by atoms with E-state index in [1.54, 1.807) is 17.4 Å². The number of nitrogens with zero attached hydrogens (tertiary/aromatic N) is 1. The molecule has 1 aliphatic rings. The van der Waals surface area contributed by atoms with Crippen molar-refractivity contribution in [1.29, 1.82) is 0 Å². The zero-order valence-electron chi connectivity index (χ0n) is 13.4. The van der Waals surface area contributed by atoms with Crippen molar-refractivity contribution >= 4 is 22.9 Å². The van der Waals surface area contributed by atoms with Crippen molar-refractivity contribution in [2.75, 3.05) is 18.0 Å². The number of carbonyl (C=O) groups excluding carboxylic acids is 1. The lowest BCUT2D eigenvalue weighted by Gasteiger charge is -2.31. The van der Waals surface area contributed by atoms with Crippen LogP contribution in [0.1, 0.15) is 23.3 Å². The molecule has 0 radical (unpaired) electrons. The minimum Gasteiger partial charge on any atom is -0.393 e. The van der Waals surface area contributed by atoms with Crippen molar-refractivity contribution in [3.05, 3.63) is 52.0 Å². The standard InChI is InChI=1S/C18H21FN2O2S/c19-16-10-13(12-20-18(23)11-15-2-1-9-24-15)3-4-17(16)21-7-5-14(22)6-8-21/h1-4,9-10,14,22H,5-8,11-12H2,(H,20,23). The van der Waals surface area contributed by atoms with E-state index in [4.69, 9.17) is 0 Å². The lowest BCUT2D eigenvalue weighted by Crippen LogP contribution is -2.36. The summed E-state index contributed by atoms with van der Waals surface area (Å²) in [6.07, 6.45) is 1.41. The normalized spacial score (nSPS) is 15.5. The summed E-state index contributed by atoms with van der Waals surface area (Å²) in [6.45, 7) is 1.64. The van der Waals surface area contributed by atoms with Crippen LogP contribution in [0.5, 0.6) is 0 Å². The number of carbonyl (C=O) groups is 1. The summed E-state index contributed by atoms with van der Waals surface area (Å²) >= 11 is 1.55. The first-order valence-electron chi connectivity index (χ1n) is 8.12. The summed E-state index contributed by atoms with van der Waals surface area (Å²) in [5.41, 5.74) is 1.31. The molecule has 24 heavy (non-hydrogen) atoms. The maximum atomic E-state index is 14.3. The molecule has 128 valence electrons. The van der Waals surface area contributed by atoms with Gasteiger partial charge >= 0.3 is 0 Å². The SMILES string of the molecule is O=C(Cc1cccs1)NCc1ccc(N2CCC(O)CC2)c(F)c1. The van der Waals surface area contributed by atoms with E-state index in [2.05, 4.69) is 5.32 Å². The molecule has 1 saturated heterocycles. The largest absolute Gasteiger partial charge is 0.393 e. The molecule has 1 aromatic carbocycles. The number of thiophene rings is 1. The zero-order valence-corrected chi connectivity index (χ0v) is 14.2. The number of aliphatic hydroxyl groups is 1. The molecule has 0 atom stereocenters. The van der Waals surface area contributed by atoms with Gasteiger partial charge in [0.15, 0.2) is 0 Å². The second kappa shape index (κ2) is 7.77. The molecule has 2 aromatic rings. The fourth-order valence-corrected chi connectivity index (χ4v) is 3.56. The van der Waals surface area contributed by atoms with Crippen LogP contribution < -0.4 is 10.2 Å². The quantitative estimate of drug-likeness (QED) is 0.874. The van der Waals surface area contributed by atoms with Crippen LogP contribution in [0.15, 0.2) is 35.7 Å². The molecule has 0 aliphatic carbocycles. The maximum absolute atomic E-state index is 14.3. The highest BCUT2D eigenvalue weighted by Crippen LogP contribution is 2.24. The molecule has 3 rings (SSSR count). The lowest BCUT2D eigenvalue weighted by molar-refractivity contribution is -0.120. The Balaban J connectivity index is 1.55. The molecule has 2 heterocycles. The number of rotatable bonds is 5. The molecule has 0 unspecified atom stereocenters. The summed E-state index contributed by atoms with van der Waals surface area (Å²) in [6, 6.07) is 8.92. The van der Waals surface area contributed by atoms with Crippen LogP contribution >= 0.6 is 11.3 Å². The van der Waals surface area contributed by atoms with Crippen LogP contribution in [0, 0.1) is 5.82 Å². The Hall–Kier alpha value is -1.92. The van der Waals surface area contributed by atoms with Crippen LogP contribution in [0.3, 0.4) is 0 Å². The van der Waals surface area contributed by atoms with Crippen molar-refractivity contribution in [3.8, 4) is 0 Å². The molecule has 1 aromatic heterocycles. The van der Waals surface area contributed by atoms with Gasteiger partial charge in [0.05, 0.1) is 18.2 Å². The predicted octanol–water partition coefficient (Wildman–Crippen LogP) is 2.71. The molecule has 6 heteroatoms. The molecule has 0 spiro atoms. The highest BCUT2D eigenvalue weighted by Gasteiger charge is 2.19. The fraction of sp³-hybridized carbons (Fsp3) is 0.389. The van der Waals surface area contributed by atoms with Gasteiger partial charge in [-0.25, -0.2) is 4.39 Å². The van der Waals surface area contributed by atoms with Crippen molar-refractivity contribution in [3.63, 3.8) is 0 Å². The molecule has 1 fully saturated rings. The van der Waals surface area contributed by atoms with E-state index in [1.165, 1.54) is 6.07 Å². The first-order valence-corrected chi connectivity index (χ1v) is 9.00. The Morgan fingerprint density at radius 1 is 1.33 bits per heavy atom. The Morgan fingerprint density at radius 3 is 2.79 bits per heavy atom. The first kappa shape index (κ1) is 16.9. The number of piperidine rings is 1. The van der Waals surface area contributed by atoms with E-state index in [1.807, 2.05) is 28.5 Å². The van der Waals surface area contributed by atoms with Crippen molar-refractivity contribution in [2.45, 2.75) is 31.9 Å². The third-order valence-corrected chi connectivity index (χ3v) is 5.10. The smallest absolute Gasteiger partial charge is 0.225 e. The maximum Gasteiger partial charge on any atom is 0.225 e. The third kappa shape index (κ3) is 4.33. The number of hydrogen-bond acceptors (Lipinski definition) is 4. The molecular formula is C18H21FN2O2S. The van der Waals surface area contributed by atoms with Crippen LogP contribution in [0.2, 0.25) is 0 Å². The van der Waals surface area contributed by atoms with Crippen LogP contribution in [-0.2, 0) is 17.8 Å². The van der Waals surface area contributed by atoms with Gasteiger partial charge in [-0.1, -0.05) is 12.1 Å². The summed E-state index contributed by atoms with van der Waals surface area (Å²) in [5, 5.41) is 14.3. The molecule has 1 amide bonds. The van der Waals surface area contributed by atoms with E-state index in [-0.39, 0.29) is 17.8 Å². The van der Waals surface area contributed by atoms with Crippen molar-refractivity contribution in [1.82, 2.24) is 5.32 Å². The Labute approximate surface area is 144 Å². The van der Waals surface area contributed by atoms with Gasteiger partial charge in [0.1, 0.15) is 5.82 Å². The monoisotopic (exact) mass is 348 g/mol. The van der Waals surface area contributed by atoms with Gasteiger partial charge < -0.3 is 15.3 Å². The number of hydrogen-bond donors (Lipinski definition) is 2. The fourth-order valence-electron chi connectivity index (χ4n) is 2.86. The van der Waals surface area contributed by atoms with Crippen LogP contribution in [0.4, 0.5) is 10.1 Å². The molecule has 1 aliphatic heterocycles.